The molecule has 0 radical (unpaired) electrons. The van der Waals surface area contributed by atoms with Gasteiger partial charge >= 0.3 is 0 Å². The summed E-state index contributed by atoms with van der Waals surface area (Å²) in [6.07, 6.45) is 5.55. The minimum Gasteiger partial charge on any atom is -0.394 e. The van der Waals surface area contributed by atoms with Crippen molar-refractivity contribution >= 4 is 129 Å². The Morgan fingerprint density at radius 1 is 0.579 bits per heavy atom. The van der Waals surface area contributed by atoms with Crippen molar-refractivity contribution in [2.24, 2.45) is 23.3 Å². The number of carbonyl (C=O) groups is 16. The van der Waals surface area contributed by atoms with Gasteiger partial charge in [0.1, 0.15) is 61.0 Å². The molecule has 0 aliphatic carbocycles. The number of aromatic amines is 2. The van der Waals surface area contributed by atoms with Crippen molar-refractivity contribution in [3.63, 3.8) is 0 Å². The van der Waals surface area contributed by atoms with Crippen LogP contribution in [0.1, 0.15) is 78.5 Å². The molecular weight excluding hydrogens is 1440 g/mol. The van der Waals surface area contributed by atoms with Crippen molar-refractivity contribution in [3.8, 4) is 0 Å². The first-order valence-corrected chi connectivity index (χ1v) is 36.9. The second-order valence-corrected chi connectivity index (χ2v) is 27.6. The number of aliphatic hydroxyl groups excluding tert-OH is 1. The van der Waals surface area contributed by atoms with E-state index >= 15 is 0 Å². The summed E-state index contributed by atoms with van der Waals surface area (Å²) < 4.78 is 10.8. The average Bonchev–Trinajstić information content (AvgIpc) is 1.69. The molecule has 0 aliphatic heterocycles. The summed E-state index contributed by atoms with van der Waals surface area (Å²) in [6.45, 7) is 5.95. The molecule has 0 spiro atoms. The third-order valence-corrected chi connectivity index (χ3v) is 17.0. The number of amides is 16. The predicted octanol–water partition coefficient (Wildman–Crippen LogP) is -6.86. The number of para-hydroxylation sites is 1. The van der Waals surface area contributed by atoms with E-state index in [0.29, 0.717) is 27.9 Å². The van der Waals surface area contributed by atoms with E-state index in [1.165, 1.54) is 38.1 Å². The SMILES string of the molecule is CSCC[C@H](NC(=O)[C@H](CC(C)C)NC(=O)[C@H](Cc1cnc[nH]1)NC(=O)CNC(=O)[C@@H](NC(=O)[C@H](C)NC(=O)[C@H](Cc1c[nH]c2ccccc12)NC(=O)[C@H](CCC(N)=O)NC(=O)CNC(=O)COCCOCCNC(=O)CNC(=O)[C@H](CSCNC(C)=O)NC(=O)[C@H](CO)NC(=O)CN(C)C)C(C)C)C(N)=O. The number of fused-ring (bicyclic) bond motifs is 1. The summed E-state index contributed by atoms with van der Waals surface area (Å²) in [5, 5.41) is 45.6. The van der Waals surface area contributed by atoms with Gasteiger partial charge in [0.2, 0.25) is 94.5 Å². The van der Waals surface area contributed by atoms with Crippen LogP contribution in [0.3, 0.4) is 0 Å². The van der Waals surface area contributed by atoms with Gasteiger partial charge in [-0.25, -0.2) is 4.98 Å². The van der Waals surface area contributed by atoms with Crippen LogP contribution in [0, 0.1) is 11.8 Å². The topological polar surface area (TPSA) is 580 Å². The van der Waals surface area contributed by atoms with Crippen LogP contribution in [-0.4, -0.2) is 277 Å². The van der Waals surface area contributed by atoms with E-state index in [2.05, 4.69) is 89.4 Å². The van der Waals surface area contributed by atoms with E-state index in [4.69, 9.17) is 20.9 Å². The molecule has 16 amide bonds. The highest BCUT2D eigenvalue weighted by Crippen LogP contribution is 2.20. The van der Waals surface area contributed by atoms with Gasteiger partial charge in [0.05, 0.1) is 64.8 Å². The lowest BCUT2D eigenvalue weighted by Gasteiger charge is -2.26. The summed E-state index contributed by atoms with van der Waals surface area (Å²) in [5.74, 6) is -12.4. The summed E-state index contributed by atoms with van der Waals surface area (Å²) in [5.41, 5.74) is 12.7. The minimum atomic E-state index is -1.51. The monoisotopic (exact) mass is 1540 g/mol. The fourth-order valence-electron chi connectivity index (χ4n) is 9.85. The summed E-state index contributed by atoms with van der Waals surface area (Å²) in [4.78, 5) is 221. The number of aromatic nitrogens is 3. The number of hydrogen-bond donors (Lipinski definition) is 19. The number of H-pyrrole nitrogens is 2. The van der Waals surface area contributed by atoms with E-state index in [1.54, 1.807) is 63.3 Å². The first-order chi connectivity index (χ1) is 50.7. The molecule has 0 unspecified atom stereocenters. The Hall–Kier alpha value is -9.97. The molecule has 0 saturated heterocycles. The van der Waals surface area contributed by atoms with Gasteiger partial charge in [0.15, 0.2) is 0 Å². The molecule has 0 saturated carbocycles. The highest BCUT2D eigenvalue weighted by Gasteiger charge is 2.35. The van der Waals surface area contributed by atoms with E-state index in [0.717, 1.165) is 11.8 Å². The Bertz CT molecular complexity index is 3470. The van der Waals surface area contributed by atoms with E-state index in [9.17, 15) is 81.8 Å². The zero-order chi connectivity index (χ0) is 79.7. The Morgan fingerprint density at radius 3 is 1.80 bits per heavy atom. The van der Waals surface area contributed by atoms with Gasteiger partial charge in [0.25, 0.3) is 0 Å². The quantitative estimate of drug-likeness (QED) is 0.0184. The van der Waals surface area contributed by atoms with Crippen LogP contribution in [0.5, 0.6) is 0 Å². The number of ether oxygens (including phenoxy) is 2. The number of nitrogens with two attached hydrogens (primary N) is 2. The van der Waals surface area contributed by atoms with Crippen LogP contribution in [0.4, 0.5) is 0 Å². The zero-order valence-corrected chi connectivity index (χ0v) is 63.1. The number of carbonyl (C=O) groups excluding carboxylic acids is 16. The molecule has 41 heteroatoms. The lowest BCUT2D eigenvalue weighted by molar-refractivity contribution is -0.135. The smallest absolute Gasteiger partial charge is 0.246 e. The Balaban J connectivity index is 1.58. The minimum absolute atomic E-state index is 0.0222. The molecule has 9 atom stereocenters. The van der Waals surface area contributed by atoms with Gasteiger partial charge in [-0.15, -0.1) is 11.8 Å². The second kappa shape index (κ2) is 49.0. The van der Waals surface area contributed by atoms with E-state index in [-0.39, 0.29) is 88.5 Å². The Kier molecular flexibility index (Phi) is 41.8. The van der Waals surface area contributed by atoms with Crippen molar-refractivity contribution in [3.05, 3.63) is 54.2 Å². The van der Waals surface area contributed by atoms with Crippen molar-refractivity contribution in [2.45, 2.75) is 134 Å². The number of nitrogens with one attached hydrogen (secondary N) is 16. The molecular formula is C66H104N20O19S2. The maximum atomic E-state index is 14.3. The first-order valence-electron chi connectivity index (χ1n) is 34.3. The number of thioether (sulfide) groups is 2. The van der Waals surface area contributed by atoms with Gasteiger partial charge in [0, 0.05) is 67.5 Å². The molecule has 0 bridgehead atoms. The first kappa shape index (κ1) is 91.2. The molecule has 3 aromatic rings. The van der Waals surface area contributed by atoms with Gasteiger partial charge in [-0.3, -0.25) is 76.7 Å². The highest BCUT2D eigenvalue weighted by atomic mass is 32.2. The third kappa shape index (κ3) is 36.3. The Morgan fingerprint density at radius 2 is 1.17 bits per heavy atom. The fraction of sp³-hybridized carbons (Fsp3) is 0.591. The van der Waals surface area contributed by atoms with Crippen LogP contribution in [0.15, 0.2) is 43.0 Å². The van der Waals surface area contributed by atoms with Crippen molar-refractivity contribution in [1.29, 1.82) is 0 Å². The van der Waals surface area contributed by atoms with E-state index in [1.807, 2.05) is 20.1 Å². The molecule has 39 nitrogen and oxygen atoms in total. The maximum Gasteiger partial charge on any atom is 0.246 e. The van der Waals surface area contributed by atoms with Crippen LogP contribution >= 0.6 is 23.5 Å². The second-order valence-electron chi connectivity index (χ2n) is 25.6. The number of imidazole rings is 1. The molecule has 107 heavy (non-hydrogen) atoms. The number of hydrogen-bond acceptors (Lipinski definition) is 23. The molecule has 3 rings (SSSR count). The number of rotatable bonds is 52. The van der Waals surface area contributed by atoms with Crippen LogP contribution in [0.2, 0.25) is 0 Å². The van der Waals surface area contributed by atoms with Crippen molar-refractivity contribution in [2.75, 3.05) is 103 Å². The average molecular weight is 1550 g/mol. The van der Waals surface area contributed by atoms with Gasteiger partial charge in [-0.05, 0) is 75.8 Å². The Labute approximate surface area is 627 Å². The number of benzene rings is 1. The molecule has 2 heterocycles. The van der Waals surface area contributed by atoms with Crippen LogP contribution < -0.4 is 85.9 Å². The molecule has 0 fully saturated rings. The standard InChI is InChI=1S/C66H104N20O19S2/c1-36(2)22-46(63(100)81-44(58(68)95)16-21-106-9)82-64(101)48(24-41-26-69-34-75-41)79-54(92)29-74-66(103)57(37(3)4)85-59(96)38(5)77-62(99)47(23-40-25-71-43-13-11-10-12-42(40)43)83-61(98)45(14-15-51(67)89)78-53(91)28-72-56(94)32-105-20-19-104-18-17-70-52(90)27-73-60(97)50(33-107-35-76-39(6)88)84-65(102)49(31-87)80-55(93)30-86(7)8/h10-13,25-26,34,36-38,44-50,57,71,87H,14-24,27-33,35H2,1-9H3,(H2,67,89)(H2,68,95)(H,69,75)(H,70,90)(H,72,94)(H,73,97)(H,74,103)(H,76,88)(H,77,99)(H,78,91)(H,79,92)(H,80,93)(H,81,100)(H,82,101)(H,83,98)(H,84,102)(H,85,96)/t38-,44-,45-,46-,47-,48-,49-,50-,57-/m0/s1. The predicted molar refractivity (Wildman–Crippen MR) is 393 cm³/mol. The molecule has 2 aromatic heterocycles. The van der Waals surface area contributed by atoms with Gasteiger partial charge < -0.3 is 115 Å². The lowest BCUT2D eigenvalue weighted by Crippen LogP contribution is -2.59. The maximum absolute atomic E-state index is 14.3. The number of primary amides is 2. The summed E-state index contributed by atoms with van der Waals surface area (Å²) >= 11 is 2.53. The number of aliphatic hydroxyl groups is 1. The van der Waals surface area contributed by atoms with Crippen molar-refractivity contribution < 1.29 is 91.3 Å². The lowest BCUT2D eigenvalue weighted by atomic mass is 10.0. The zero-order valence-electron chi connectivity index (χ0n) is 61.5. The van der Waals surface area contributed by atoms with Gasteiger partial charge in [-0.1, -0.05) is 45.9 Å². The fourth-order valence-corrected chi connectivity index (χ4v) is 11.2. The normalized spacial score (nSPS) is 13.7. The van der Waals surface area contributed by atoms with Gasteiger partial charge in [-0.2, -0.15) is 11.8 Å². The highest BCUT2D eigenvalue weighted by molar-refractivity contribution is 7.99. The van der Waals surface area contributed by atoms with E-state index < -0.39 is 188 Å². The third-order valence-electron chi connectivity index (χ3n) is 15.4. The molecule has 594 valence electrons. The summed E-state index contributed by atoms with van der Waals surface area (Å²) in [7, 11) is 3.25. The van der Waals surface area contributed by atoms with Crippen LogP contribution in [-0.2, 0) is 99.0 Å². The van der Waals surface area contributed by atoms with Crippen molar-refractivity contribution in [1.82, 2.24) is 94.3 Å². The molecule has 1 aromatic carbocycles. The molecule has 0 aliphatic rings. The molecule has 21 N–H and O–H groups in total. The number of likely N-dealkylation sites (N-methyl/N-ethyl adjacent to an activating group) is 1. The summed E-state index contributed by atoms with van der Waals surface area (Å²) in [6, 6.07) is -4.71. The largest absolute Gasteiger partial charge is 0.394 e. The van der Waals surface area contributed by atoms with Crippen LogP contribution in [0.25, 0.3) is 10.9 Å². The number of nitrogens with zero attached hydrogens (tertiary/aromatic N) is 2.